The second-order valence-corrected chi connectivity index (χ2v) is 5.70. The number of aliphatic hydroxyl groups excluding tert-OH is 1. The van der Waals surface area contributed by atoms with Crippen LogP contribution >= 0.6 is 0 Å². The molecule has 5 heteroatoms. The minimum absolute atomic E-state index is 0.0363. The van der Waals surface area contributed by atoms with Gasteiger partial charge >= 0.3 is 0 Å². The number of nitrogens with zero attached hydrogens (tertiary/aromatic N) is 1. The van der Waals surface area contributed by atoms with Crippen LogP contribution in [0.4, 0.5) is 0 Å². The Bertz CT molecular complexity index is 554. The second kappa shape index (κ2) is 6.18. The lowest BCUT2D eigenvalue weighted by Crippen LogP contribution is -2.56. The van der Waals surface area contributed by atoms with E-state index in [-0.39, 0.29) is 18.0 Å². The van der Waals surface area contributed by atoms with Crippen molar-refractivity contribution in [2.45, 2.75) is 46.1 Å². The van der Waals surface area contributed by atoms with Crippen LogP contribution in [0.3, 0.4) is 0 Å². The van der Waals surface area contributed by atoms with E-state index < -0.39 is 6.35 Å². The molecule has 114 valence electrons. The number of hydrogen-bond acceptors (Lipinski definition) is 4. The Hall–Kier alpha value is -2.01. The van der Waals surface area contributed by atoms with Crippen LogP contribution in [0.2, 0.25) is 0 Å². The van der Waals surface area contributed by atoms with Crippen LogP contribution < -0.4 is 10.6 Å². The molecule has 0 aromatic heterocycles. The fourth-order valence-corrected chi connectivity index (χ4v) is 2.45. The van der Waals surface area contributed by atoms with Crippen molar-refractivity contribution in [2.24, 2.45) is 0 Å². The fraction of sp³-hybridized carbons (Fsp3) is 0.438. The molecule has 1 aromatic rings. The number of nitrogens with one attached hydrogen (secondary N) is 2. The van der Waals surface area contributed by atoms with Crippen molar-refractivity contribution in [2.75, 3.05) is 0 Å². The van der Waals surface area contributed by atoms with Crippen LogP contribution in [0.1, 0.15) is 37.9 Å². The number of carbonyl (C=O) groups excluding carboxylic acids is 1. The van der Waals surface area contributed by atoms with Gasteiger partial charge in [0.15, 0.2) is 0 Å². The maximum atomic E-state index is 12.0. The van der Waals surface area contributed by atoms with Gasteiger partial charge in [-0.05, 0) is 33.3 Å². The maximum absolute atomic E-state index is 12.0. The minimum Gasteiger partial charge on any atom is -0.365 e. The van der Waals surface area contributed by atoms with Crippen molar-refractivity contribution in [3.05, 3.63) is 47.3 Å². The van der Waals surface area contributed by atoms with Crippen molar-refractivity contribution >= 4 is 5.91 Å². The van der Waals surface area contributed by atoms with E-state index in [1.54, 1.807) is 0 Å². The highest BCUT2D eigenvalue weighted by molar-refractivity contribution is 5.89. The summed E-state index contributed by atoms with van der Waals surface area (Å²) in [5.41, 5.74) is 2.32. The van der Waals surface area contributed by atoms with Crippen LogP contribution in [0, 0.1) is 6.92 Å². The Morgan fingerprint density at radius 3 is 2.62 bits per heavy atom. The quantitative estimate of drug-likeness (QED) is 0.788. The van der Waals surface area contributed by atoms with Gasteiger partial charge < -0.3 is 15.7 Å². The summed E-state index contributed by atoms with van der Waals surface area (Å²) in [5.74, 6) is 0.341. The summed E-state index contributed by atoms with van der Waals surface area (Å²) in [4.78, 5) is 13.4. The largest absolute Gasteiger partial charge is 0.365 e. The van der Waals surface area contributed by atoms with Crippen LogP contribution in [0.15, 0.2) is 36.2 Å². The molecule has 1 amide bonds. The predicted octanol–water partition coefficient (Wildman–Crippen LogP) is 1.60. The molecule has 0 aliphatic carbocycles. The van der Waals surface area contributed by atoms with E-state index in [9.17, 15) is 9.90 Å². The lowest BCUT2D eigenvalue weighted by Gasteiger charge is -2.36. The van der Waals surface area contributed by atoms with Crippen molar-refractivity contribution in [3.63, 3.8) is 0 Å². The molecule has 0 fully saturated rings. The molecule has 0 saturated heterocycles. The molecule has 1 heterocycles. The number of benzene rings is 1. The summed E-state index contributed by atoms with van der Waals surface area (Å²) in [5, 5.41) is 16.2. The first-order chi connectivity index (χ1) is 9.88. The predicted molar refractivity (Wildman–Crippen MR) is 81.9 cm³/mol. The van der Waals surface area contributed by atoms with Crippen LogP contribution in [-0.4, -0.2) is 28.3 Å². The molecule has 1 aliphatic rings. The van der Waals surface area contributed by atoms with Crippen LogP contribution in [-0.2, 0) is 4.79 Å². The van der Waals surface area contributed by atoms with Gasteiger partial charge in [-0.25, -0.2) is 0 Å². The van der Waals surface area contributed by atoms with Crippen molar-refractivity contribution in [3.8, 4) is 0 Å². The van der Waals surface area contributed by atoms with Gasteiger partial charge in [-0.2, -0.15) is 0 Å². The zero-order valence-electron chi connectivity index (χ0n) is 12.9. The smallest absolute Gasteiger partial charge is 0.253 e. The normalized spacial score (nSPS) is 20.1. The molecule has 1 aromatic carbocycles. The molecule has 1 aliphatic heterocycles. The number of aliphatic hydroxyl groups is 1. The van der Waals surface area contributed by atoms with Crippen molar-refractivity contribution in [1.82, 2.24) is 15.5 Å². The summed E-state index contributed by atoms with van der Waals surface area (Å²) >= 11 is 0. The molecule has 1 unspecified atom stereocenters. The number of hydrogen-bond donors (Lipinski definition) is 3. The van der Waals surface area contributed by atoms with Gasteiger partial charge in [0, 0.05) is 18.2 Å². The van der Waals surface area contributed by atoms with Crippen LogP contribution in [0.5, 0.6) is 0 Å². The van der Waals surface area contributed by atoms with E-state index in [1.165, 1.54) is 16.5 Å². The average Bonchev–Trinajstić information content (AvgIpc) is 2.37. The van der Waals surface area contributed by atoms with E-state index in [1.807, 2.05) is 45.9 Å². The number of aryl methyl sites for hydroxylation is 1. The fourth-order valence-electron chi connectivity index (χ4n) is 2.45. The molecule has 2 rings (SSSR count). The van der Waals surface area contributed by atoms with Gasteiger partial charge in [0.05, 0.1) is 0 Å². The number of carbonyl (C=O) groups is 1. The first kappa shape index (κ1) is 15.4. The molecule has 0 saturated carbocycles. The van der Waals surface area contributed by atoms with Crippen LogP contribution in [0.25, 0.3) is 0 Å². The third-order valence-corrected chi connectivity index (χ3v) is 3.54. The van der Waals surface area contributed by atoms with Crippen molar-refractivity contribution < 1.29 is 9.90 Å². The molecule has 21 heavy (non-hydrogen) atoms. The lowest BCUT2D eigenvalue weighted by molar-refractivity contribution is -0.143. The molecular weight excluding hydrogens is 266 g/mol. The van der Waals surface area contributed by atoms with Crippen molar-refractivity contribution in [1.29, 1.82) is 0 Å². The second-order valence-electron chi connectivity index (χ2n) is 5.70. The minimum atomic E-state index is -1.00. The monoisotopic (exact) mass is 289 g/mol. The Kier molecular flexibility index (Phi) is 4.53. The number of amides is 1. The highest BCUT2D eigenvalue weighted by Crippen LogP contribution is 2.17. The Morgan fingerprint density at radius 1 is 1.33 bits per heavy atom. The Labute approximate surface area is 125 Å². The van der Waals surface area contributed by atoms with E-state index in [4.69, 9.17) is 0 Å². The molecule has 5 nitrogen and oxygen atoms in total. The summed E-state index contributed by atoms with van der Waals surface area (Å²) in [6, 6.07) is 8.15. The maximum Gasteiger partial charge on any atom is 0.253 e. The topological polar surface area (TPSA) is 64.6 Å². The Balaban J connectivity index is 2.10. The van der Waals surface area contributed by atoms with E-state index >= 15 is 0 Å². The summed E-state index contributed by atoms with van der Waals surface area (Å²) in [6.45, 7) is 7.79. The molecule has 3 N–H and O–H groups in total. The lowest BCUT2D eigenvalue weighted by atomic mass is 10.1. The highest BCUT2D eigenvalue weighted by Gasteiger charge is 2.28. The SMILES string of the molecule is Cc1cccc([C@H](C)NC2=CC(=O)N(C(C)C)C(O)N2)c1. The zero-order valence-corrected chi connectivity index (χ0v) is 12.9. The van der Waals surface area contributed by atoms with Gasteiger partial charge in [-0.3, -0.25) is 9.69 Å². The third-order valence-electron chi connectivity index (χ3n) is 3.54. The van der Waals surface area contributed by atoms with E-state index in [0.717, 1.165) is 5.56 Å². The van der Waals surface area contributed by atoms with E-state index in [2.05, 4.69) is 16.7 Å². The first-order valence-corrected chi connectivity index (χ1v) is 7.20. The number of rotatable bonds is 4. The highest BCUT2D eigenvalue weighted by atomic mass is 16.3. The van der Waals surface area contributed by atoms with Gasteiger partial charge in [0.2, 0.25) is 6.35 Å². The summed E-state index contributed by atoms with van der Waals surface area (Å²) < 4.78 is 0. The third kappa shape index (κ3) is 3.55. The molecule has 0 radical (unpaired) electrons. The Morgan fingerprint density at radius 2 is 2.05 bits per heavy atom. The first-order valence-electron chi connectivity index (χ1n) is 7.20. The molecule has 2 atom stereocenters. The van der Waals surface area contributed by atoms with Gasteiger partial charge in [0.1, 0.15) is 5.82 Å². The summed E-state index contributed by atoms with van der Waals surface area (Å²) in [6.07, 6.45) is 0.480. The molecular formula is C16H23N3O2. The molecule has 0 spiro atoms. The standard InChI is InChI=1S/C16H23N3O2/c1-10(2)19-15(20)9-14(18-16(19)21)17-12(4)13-7-5-6-11(3)8-13/h5-10,12,16-18,21H,1-4H3/t12-,16?/m0/s1. The average molecular weight is 289 g/mol. The van der Waals surface area contributed by atoms with Gasteiger partial charge in [-0.1, -0.05) is 29.8 Å². The van der Waals surface area contributed by atoms with Gasteiger partial charge in [0.25, 0.3) is 5.91 Å². The van der Waals surface area contributed by atoms with Gasteiger partial charge in [-0.15, -0.1) is 0 Å². The molecule has 0 bridgehead atoms. The summed E-state index contributed by atoms with van der Waals surface area (Å²) in [7, 11) is 0. The zero-order chi connectivity index (χ0) is 15.6. The van der Waals surface area contributed by atoms with E-state index in [0.29, 0.717) is 5.82 Å².